The average Bonchev–Trinajstić information content (AvgIpc) is 2.68. The van der Waals surface area contributed by atoms with E-state index in [2.05, 4.69) is 16.0 Å². The standard InChI is InChI=1S/C17H36N8O2S2/c18-4-7-22-6-1-17(23-8-5-19)24-9-13-28-29-14-12-25(10-2-15(20)26)11-3-16(21)27/h2-3,10-11,17,22-24H,1,4-9,12-14,18-19H2,(H2,20,26)(H2,21,27). The minimum atomic E-state index is -0.549. The fourth-order valence-corrected chi connectivity index (χ4v) is 3.98. The molecule has 2 amide bonds. The third-order valence-electron chi connectivity index (χ3n) is 3.42. The molecular weight excluding hydrogens is 412 g/mol. The van der Waals surface area contributed by atoms with Crippen molar-refractivity contribution >= 4 is 33.4 Å². The Hall–Kier alpha value is -1.28. The average molecular weight is 449 g/mol. The molecule has 0 aliphatic heterocycles. The topological polar surface area (TPSA) is 178 Å². The lowest BCUT2D eigenvalue weighted by Crippen LogP contribution is -2.46. The smallest absolute Gasteiger partial charge is 0.242 e. The van der Waals surface area contributed by atoms with Gasteiger partial charge in [-0.1, -0.05) is 21.6 Å². The Balaban J connectivity index is 4.03. The van der Waals surface area contributed by atoms with Crippen molar-refractivity contribution in [3.63, 3.8) is 0 Å². The SMILES string of the molecule is NCCNCCC(NCCN)NCCSSCCN(C=CC(N)=O)C=CC(N)=O. The highest BCUT2D eigenvalue weighted by molar-refractivity contribution is 8.76. The second-order valence-electron chi connectivity index (χ2n) is 5.89. The molecule has 0 saturated carbocycles. The maximum absolute atomic E-state index is 10.9. The maximum Gasteiger partial charge on any atom is 0.242 e. The lowest BCUT2D eigenvalue weighted by atomic mass is 10.3. The number of hydrogen-bond donors (Lipinski definition) is 7. The molecule has 29 heavy (non-hydrogen) atoms. The van der Waals surface area contributed by atoms with Gasteiger partial charge in [-0.25, -0.2) is 0 Å². The van der Waals surface area contributed by atoms with Crippen LogP contribution in [0.15, 0.2) is 24.6 Å². The molecule has 168 valence electrons. The van der Waals surface area contributed by atoms with Crippen LogP contribution in [-0.2, 0) is 9.59 Å². The van der Waals surface area contributed by atoms with Crippen molar-refractivity contribution < 1.29 is 9.59 Å². The van der Waals surface area contributed by atoms with E-state index >= 15 is 0 Å². The van der Waals surface area contributed by atoms with Crippen molar-refractivity contribution in [2.24, 2.45) is 22.9 Å². The summed E-state index contributed by atoms with van der Waals surface area (Å²) in [5, 5.41) is 10.2. The van der Waals surface area contributed by atoms with E-state index in [1.54, 1.807) is 26.5 Å². The largest absolute Gasteiger partial charge is 0.366 e. The monoisotopic (exact) mass is 448 g/mol. The summed E-state index contributed by atoms with van der Waals surface area (Å²) in [6.07, 6.45) is 6.70. The van der Waals surface area contributed by atoms with Crippen LogP contribution in [0.4, 0.5) is 0 Å². The summed E-state index contributed by atoms with van der Waals surface area (Å²) in [5.41, 5.74) is 21.2. The van der Waals surface area contributed by atoms with Gasteiger partial charge in [-0.3, -0.25) is 9.59 Å². The third kappa shape index (κ3) is 19.8. The zero-order chi connectivity index (χ0) is 21.7. The Labute approximate surface area is 181 Å². The number of rotatable bonds is 20. The first-order valence-electron chi connectivity index (χ1n) is 9.52. The zero-order valence-corrected chi connectivity index (χ0v) is 18.5. The minimum Gasteiger partial charge on any atom is -0.366 e. The molecule has 0 aliphatic carbocycles. The summed E-state index contributed by atoms with van der Waals surface area (Å²) in [6.45, 7) is 5.19. The maximum atomic E-state index is 10.9. The van der Waals surface area contributed by atoms with Crippen LogP contribution in [0.3, 0.4) is 0 Å². The summed E-state index contributed by atoms with van der Waals surface area (Å²) < 4.78 is 0. The Morgan fingerprint density at radius 1 is 0.862 bits per heavy atom. The normalized spacial score (nSPS) is 12.6. The molecule has 12 heteroatoms. The zero-order valence-electron chi connectivity index (χ0n) is 16.8. The Morgan fingerprint density at radius 3 is 2.03 bits per heavy atom. The minimum absolute atomic E-state index is 0.211. The number of amides is 2. The van der Waals surface area contributed by atoms with Crippen molar-refractivity contribution in [2.45, 2.75) is 12.6 Å². The molecule has 0 rings (SSSR count). The highest BCUT2D eigenvalue weighted by Gasteiger charge is 2.06. The lowest BCUT2D eigenvalue weighted by molar-refractivity contribution is -0.114. The van der Waals surface area contributed by atoms with Gasteiger partial charge in [0.2, 0.25) is 11.8 Å². The summed E-state index contributed by atoms with van der Waals surface area (Å²) in [5.74, 6) is 0.642. The van der Waals surface area contributed by atoms with Gasteiger partial charge in [0.1, 0.15) is 0 Å². The van der Waals surface area contributed by atoms with E-state index in [9.17, 15) is 9.59 Å². The first-order chi connectivity index (χ1) is 14.0. The molecule has 0 aromatic rings. The number of carbonyl (C=O) groups is 2. The highest BCUT2D eigenvalue weighted by Crippen LogP contribution is 2.20. The molecule has 10 nitrogen and oxygen atoms in total. The Bertz CT molecular complexity index is 470. The van der Waals surface area contributed by atoms with Gasteiger partial charge in [-0.05, 0) is 13.0 Å². The van der Waals surface area contributed by atoms with Crippen molar-refractivity contribution in [3.8, 4) is 0 Å². The van der Waals surface area contributed by atoms with Gasteiger partial charge < -0.3 is 43.8 Å². The first-order valence-corrected chi connectivity index (χ1v) is 12.0. The van der Waals surface area contributed by atoms with E-state index in [0.29, 0.717) is 19.6 Å². The molecular formula is C17H36N8O2S2. The van der Waals surface area contributed by atoms with Crippen LogP contribution in [0.5, 0.6) is 0 Å². The molecule has 11 N–H and O–H groups in total. The Kier molecular flexibility index (Phi) is 19.1. The van der Waals surface area contributed by atoms with Crippen LogP contribution in [0, 0.1) is 0 Å². The van der Waals surface area contributed by atoms with Gasteiger partial charge in [-0.15, -0.1) is 0 Å². The molecule has 0 bridgehead atoms. The fourth-order valence-electron chi connectivity index (χ4n) is 2.08. The molecule has 1 unspecified atom stereocenters. The second kappa shape index (κ2) is 20.0. The second-order valence-corrected chi connectivity index (χ2v) is 8.60. The van der Waals surface area contributed by atoms with Gasteiger partial charge in [-0.2, -0.15) is 0 Å². The van der Waals surface area contributed by atoms with E-state index in [4.69, 9.17) is 22.9 Å². The predicted molar refractivity (Wildman–Crippen MR) is 124 cm³/mol. The van der Waals surface area contributed by atoms with Crippen molar-refractivity contribution in [1.29, 1.82) is 0 Å². The number of nitrogens with zero attached hydrogens (tertiary/aromatic N) is 1. The molecule has 0 aliphatic rings. The van der Waals surface area contributed by atoms with Crippen LogP contribution in [0.1, 0.15) is 6.42 Å². The summed E-state index contributed by atoms with van der Waals surface area (Å²) in [4.78, 5) is 23.4. The number of nitrogens with one attached hydrogen (secondary N) is 3. The van der Waals surface area contributed by atoms with Crippen LogP contribution in [0.2, 0.25) is 0 Å². The van der Waals surface area contributed by atoms with Gasteiger partial charge in [0.25, 0.3) is 0 Å². The number of primary amides is 2. The van der Waals surface area contributed by atoms with Crippen molar-refractivity contribution in [2.75, 3.05) is 57.3 Å². The van der Waals surface area contributed by atoms with Crippen molar-refractivity contribution in [1.82, 2.24) is 20.9 Å². The lowest BCUT2D eigenvalue weighted by Gasteiger charge is -2.20. The van der Waals surface area contributed by atoms with E-state index in [-0.39, 0.29) is 6.17 Å². The molecule has 0 spiro atoms. The Morgan fingerprint density at radius 2 is 1.45 bits per heavy atom. The van der Waals surface area contributed by atoms with Gasteiger partial charge in [0.15, 0.2) is 0 Å². The molecule has 0 aromatic heterocycles. The van der Waals surface area contributed by atoms with E-state index in [0.717, 1.165) is 44.1 Å². The fraction of sp³-hybridized carbons (Fsp3) is 0.647. The molecule has 0 aromatic carbocycles. The third-order valence-corrected chi connectivity index (χ3v) is 5.81. The van der Waals surface area contributed by atoms with E-state index in [1.807, 2.05) is 0 Å². The molecule has 0 radical (unpaired) electrons. The van der Waals surface area contributed by atoms with E-state index in [1.165, 1.54) is 24.6 Å². The van der Waals surface area contributed by atoms with Crippen LogP contribution in [0.25, 0.3) is 0 Å². The number of carbonyl (C=O) groups excluding carboxylic acids is 2. The van der Waals surface area contributed by atoms with E-state index < -0.39 is 11.8 Å². The summed E-state index contributed by atoms with van der Waals surface area (Å²) in [7, 11) is 3.47. The van der Waals surface area contributed by atoms with Gasteiger partial charge in [0, 0.05) is 75.3 Å². The molecule has 0 heterocycles. The highest BCUT2D eigenvalue weighted by atomic mass is 33.1. The van der Waals surface area contributed by atoms with Crippen LogP contribution < -0.4 is 38.9 Å². The van der Waals surface area contributed by atoms with Gasteiger partial charge >= 0.3 is 0 Å². The quantitative estimate of drug-likeness (QED) is 0.0480. The number of nitrogens with two attached hydrogens (primary N) is 4. The van der Waals surface area contributed by atoms with Crippen molar-refractivity contribution in [3.05, 3.63) is 24.6 Å². The molecule has 0 saturated heterocycles. The molecule has 0 fully saturated rings. The van der Waals surface area contributed by atoms with Gasteiger partial charge in [0.05, 0.1) is 6.17 Å². The summed E-state index contributed by atoms with van der Waals surface area (Å²) >= 11 is 0. The summed E-state index contributed by atoms with van der Waals surface area (Å²) in [6, 6.07) is 0. The van der Waals surface area contributed by atoms with Crippen LogP contribution >= 0.6 is 21.6 Å². The predicted octanol–water partition coefficient (Wildman–Crippen LogP) is -1.93. The number of hydrogen-bond acceptors (Lipinski definition) is 10. The van der Waals surface area contributed by atoms with Crippen LogP contribution in [-0.4, -0.2) is 80.2 Å². The first kappa shape index (κ1) is 27.7. The molecule has 1 atom stereocenters.